The SMILES string of the molecule is CCC(C)CCC(C)COP([O-])(=S)SCC(C)CCC(C)CC.[Zn]. The Morgan fingerprint density at radius 3 is 1.75 bits per heavy atom. The molecule has 0 aromatic rings. The zero-order valence-corrected chi connectivity index (χ0v) is 22.2. The van der Waals surface area contributed by atoms with E-state index >= 15 is 0 Å². The first kappa shape index (κ1) is 27.8. The predicted octanol–water partition coefficient (Wildman–Crippen LogP) is 6.24. The van der Waals surface area contributed by atoms with Crippen molar-refractivity contribution in [1.29, 1.82) is 0 Å². The maximum absolute atomic E-state index is 12.4. The van der Waals surface area contributed by atoms with E-state index in [-0.39, 0.29) is 19.5 Å². The van der Waals surface area contributed by atoms with Crippen molar-refractivity contribution in [2.75, 3.05) is 12.4 Å². The fourth-order valence-corrected chi connectivity index (χ4v) is 5.75. The number of rotatable bonds is 14. The van der Waals surface area contributed by atoms with Gasteiger partial charge in [-0.05, 0) is 36.5 Å². The molecule has 0 rings (SSSR count). The van der Waals surface area contributed by atoms with Gasteiger partial charge in [-0.2, -0.15) is 0 Å². The first-order chi connectivity index (χ1) is 10.7. The van der Waals surface area contributed by atoms with E-state index in [0.717, 1.165) is 24.0 Å². The third-order valence-electron chi connectivity index (χ3n) is 4.73. The van der Waals surface area contributed by atoms with Crippen LogP contribution in [0.2, 0.25) is 0 Å². The van der Waals surface area contributed by atoms with Crippen LogP contribution in [0, 0.1) is 23.7 Å². The molecule has 0 saturated heterocycles. The fraction of sp³-hybridized carbons (Fsp3) is 1.00. The molecule has 2 nitrogen and oxygen atoms in total. The topological polar surface area (TPSA) is 32.3 Å². The van der Waals surface area contributed by atoms with E-state index in [4.69, 9.17) is 16.3 Å². The molecule has 0 aliphatic heterocycles. The Labute approximate surface area is 173 Å². The van der Waals surface area contributed by atoms with Gasteiger partial charge in [-0.25, -0.2) is 0 Å². The quantitative estimate of drug-likeness (QED) is 0.233. The molecule has 5 atom stereocenters. The van der Waals surface area contributed by atoms with E-state index in [1.807, 2.05) is 0 Å². The summed E-state index contributed by atoms with van der Waals surface area (Å²) < 4.78 is 5.59. The van der Waals surface area contributed by atoms with Gasteiger partial charge in [0.2, 0.25) is 0 Å². The summed E-state index contributed by atoms with van der Waals surface area (Å²) >= 11 is 6.56. The number of hydrogen-bond acceptors (Lipinski definition) is 4. The van der Waals surface area contributed by atoms with Crippen molar-refractivity contribution in [2.24, 2.45) is 23.7 Å². The predicted molar refractivity (Wildman–Crippen MR) is 108 cm³/mol. The largest absolute Gasteiger partial charge is 0.793 e. The third-order valence-corrected chi connectivity index (χ3v) is 9.21. The molecule has 0 aliphatic carbocycles. The second-order valence-corrected chi connectivity index (χ2v) is 13.5. The van der Waals surface area contributed by atoms with Crippen LogP contribution in [-0.2, 0) is 35.8 Å². The van der Waals surface area contributed by atoms with E-state index in [2.05, 4.69) is 41.5 Å². The maximum Gasteiger partial charge on any atom is 0.0539 e. The summed E-state index contributed by atoms with van der Waals surface area (Å²) in [7, 11) is 0. The van der Waals surface area contributed by atoms with Gasteiger partial charge in [0.05, 0.1) is 6.61 Å². The molecule has 0 aliphatic rings. The minimum absolute atomic E-state index is 0. The maximum atomic E-state index is 12.4. The van der Waals surface area contributed by atoms with Gasteiger partial charge in [-0.1, -0.05) is 79.0 Å². The summed E-state index contributed by atoms with van der Waals surface area (Å²) in [6.45, 7) is 14.0. The molecule has 6 heteroatoms. The fourth-order valence-electron chi connectivity index (χ4n) is 2.19. The molecule has 0 aromatic carbocycles. The van der Waals surface area contributed by atoms with Crippen molar-refractivity contribution in [3.63, 3.8) is 0 Å². The van der Waals surface area contributed by atoms with Crippen LogP contribution in [0.1, 0.15) is 80.1 Å². The monoisotopic (exact) mass is 445 g/mol. The average Bonchev–Trinajstić information content (AvgIpc) is 2.53. The molecule has 142 valence electrons. The summed E-state index contributed by atoms with van der Waals surface area (Å²) in [4.78, 5) is 12.4. The zero-order valence-electron chi connectivity index (χ0n) is 16.8. The van der Waals surface area contributed by atoms with E-state index in [9.17, 15) is 4.89 Å². The molecule has 0 heterocycles. The molecule has 5 unspecified atom stereocenters. The summed E-state index contributed by atoms with van der Waals surface area (Å²) in [6.07, 6.45) is 7.22. The molecule has 0 fully saturated rings. The van der Waals surface area contributed by atoms with Gasteiger partial charge in [0.15, 0.2) is 0 Å². The second-order valence-electron chi connectivity index (χ2n) is 7.43. The second kappa shape index (κ2) is 15.6. The third kappa shape index (κ3) is 15.8. The van der Waals surface area contributed by atoms with Gasteiger partial charge in [-0.15, -0.1) is 11.4 Å². The molecule has 0 saturated carbocycles. The normalized spacial score (nSPS) is 19.0. The number of hydrogen-bond donors (Lipinski definition) is 0. The van der Waals surface area contributed by atoms with Crippen LogP contribution in [0.15, 0.2) is 0 Å². The minimum atomic E-state index is -2.91. The Bertz CT molecular complexity index is 317. The summed E-state index contributed by atoms with van der Waals surface area (Å²) in [5.74, 6) is 3.37. The van der Waals surface area contributed by atoms with Gasteiger partial charge >= 0.3 is 0 Å². The molecule has 0 aromatic heterocycles. The van der Waals surface area contributed by atoms with E-state index in [1.165, 1.54) is 43.5 Å². The smallest absolute Gasteiger partial charge is 0.0539 e. The summed E-state index contributed by atoms with van der Waals surface area (Å²) in [5, 5.41) is 0. The van der Waals surface area contributed by atoms with Gasteiger partial charge < -0.3 is 9.42 Å². The van der Waals surface area contributed by atoms with Crippen LogP contribution in [0.4, 0.5) is 0 Å². The zero-order chi connectivity index (χ0) is 17.9. The van der Waals surface area contributed by atoms with Gasteiger partial charge in [-0.3, -0.25) is 0 Å². The van der Waals surface area contributed by atoms with Crippen LogP contribution in [0.5, 0.6) is 0 Å². The van der Waals surface area contributed by atoms with Crippen molar-refractivity contribution in [3.8, 4) is 0 Å². The Hall–Kier alpha value is 1.54. The Kier molecular flexibility index (Phi) is 18.0. The van der Waals surface area contributed by atoms with Crippen molar-refractivity contribution < 1.29 is 28.9 Å². The van der Waals surface area contributed by atoms with Crippen molar-refractivity contribution in [2.45, 2.75) is 80.1 Å². The van der Waals surface area contributed by atoms with Gasteiger partial charge in [0.25, 0.3) is 0 Å². The first-order valence-electron chi connectivity index (χ1n) is 9.30. The van der Waals surface area contributed by atoms with Gasteiger partial charge in [0.1, 0.15) is 0 Å². The first-order valence-corrected chi connectivity index (χ1v) is 13.5. The summed E-state index contributed by atoms with van der Waals surface area (Å²) in [5.41, 5.74) is -2.91. The van der Waals surface area contributed by atoms with E-state index in [0.29, 0.717) is 18.4 Å². The van der Waals surface area contributed by atoms with Crippen LogP contribution in [0.3, 0.4) is 0 Å². The Morgan fingerprint density at radius 1 is 0.875 bits per heavy atom. The minimum Gasteiger partial charge on any atom is -0.793 e. The molecule has 0 spiro atoms. The Morgan fingerprint density at radius 2 is 1.29 bits per heavy atom. The van der Waals surface area contributed by atoms with E-state index in [1.54, 1.807) is 0 Å². The summed E-state index contributed by atoms with van der Waals surface area (Å²) in [6, 6.07) is 0. The molecular weight excluding hydrogens is 409 g/mol. The molecule has 0 radical (unpaired) electrons. The Balaban J connectivity index is 0. The van der Waals surface area contributed by atoms with Crippen LogP contribution < -0.4 is 4.89 Å². The standard InChI is InChI=1S/C18H39O2PS2.Zn/c1-7-15(3)9-11-17(5)13-20-21(19,22)23-14-18(6)12-10-16(4)8-2;/h15-18H,7-14H2,1-6H3,(H,19,22);/p-1. The molecule has 24 heavy (non-hydrogen) atoms. The van der Waals surface area contributed by atoms with Gasteiger partial charge in [0, 0.05) is 30.9 Å². The molecule has 0 N–H and O–H groups in total. The van der Waals surface area contributed by atoms with Crippen LogP contribution >= 0.6 is 17.1 Å². The average molecular weight is 447 g/mol. The van der Waals surface area contributed by atoms with E-state index < -0.39 is 5.69 Å². The van der Waals surface area contributed by atoms with Crippen LogP contribution in [-0.4, -0.2) is 12.4 Å². The van der Waals surface area contributed by atoms with Crippen LogP contribution in [0.25, 0.3) is 0 Å². The molecular formula is C18H38O2PS2Zn-. The molecule has 0 amide bonds. The van der Waals surface area contributed by atoms with Crippen molar-refractivity contribution >= 4 is 28.9 Å². The van der Waals surface area contributed by atoms with Crippen molar-refractivity contribution in [3.05, 3.63) is 0 Å². The molecule has 0 bridgehead atoms. The van der Waals surface area contributed by atoms with Crippen molar-refractivity contribution in [1.82, 2.24) is 0 Å².